The molecule has 0 aromatic heterocycles. The predicted molar refractivity (Wildman–Crippen MR) is 69.5 cm³/mol. The lowest BCUT2D eigenvalue weighted by molar-refractivity contribution is 0.158. The average molecular weight is 227 g/mol. The zero-order valence-electron chi connectivity index (χ0n) is 11.4. The van der Waals surface area contributed by atoms with E-state index in [-0.39, 0.29) is 6.10 Å². The molecule has 0 aliphatic heterocycles. The summed E-state index contributed by atoms with van der Waals surface area (Å²) in [5, 5.41) is 13.0. The molecule has 2 nitrogen and oxygen atoms in total. The van der Waals surface area contributed by atoms with Crippen LogP contribution in [-0.4, -0.2) is 23.8 Å². The molecule has 2 unspecified atom stereocenters. The second-order valence-corrected chi connectivity index (χ2v) is 6.54. The monoisotopic (exact) mass is 227 g/mol. The highest BCUT2D eigenvalue weighted by atomic mass is 16.3. The molecule has 16 heavy (non-hydrogen) atoms. The summed E-state index contributed by atoms with van der Waals surface area (Å²) < 4.78 is 0. The summed E-state index contributed by atoms with van der Waals surface area (Å²) in [7, 11) is 0. The van der Waals surface area contributed by atoms with Crippen LogP contribution in [0.25, 0.3) is 0 Å². The van der Waals surface area contributed by atoms with E-state index >= 15 is 0 Å². The number of hydrogen-bond donors (Lipinski definition) is 2. The van der Waals surface area contributed by atoms with E-state index in [1.54, 1.807) is 0 Å². The van der Waals surface area contributed by atoms with Gasteiger partial charge in [0, 0.05) is 6.04 Å². The molecular weight excluding hydrogens is 198 g/mol. The highest BCUT2D eigenvalue weighted by molar-refractivity contribution is 4.82. The van der Waals surface area contributed by atoms with Crippen LogP contribution in [0.2, 0.25) is 0 Å². The molecule has 0 saturated heterocycles. The molecule has 0 amide bonds. The molecule has 0 aromatic rings. The van der Waals surface area contributed by atoms with Gasteiger partial charge in [-0.25, -0.2) is 0 Å². The molecule has 2 heteroatoms. The summed E-state index contributed by atoms with van der Waals surface area (Å²) in [4.78, 5) is 0. The van der Waals surface area contributed by atoms with Gasteiger partial charge in [-0.1, -0.05) is 20.8 Å². The van der Waals surface area contributed by atoms with Gasteiger partial charge in [0.2, 0.25) is 0 Å². The van der Waals surface area contributed by atoms with Gasteiger partial charge in [0.15, 0.2) is 0 Å². The number of rotatable bonds is 5. The maximum absolute atomic E-state index is 9.30. The van der Waals surface area contributed by atoms with Gasteiger partial charge < -0.3 is 10.4 Å². The van der Waals surface area contributed by atoms with Crippen molar-refractivity contribution in [2.45, 2.75) is 71.9 Å². The van der Waals surface area contributed by atoms with Crippen LogP contribution in [0.3, 0.4) is 0 Å². The Morgan fingerprint density at radius 2 is 1.81 bits per heavy atom. The van der Waals surface area contributed by atoms with Crippen LogP contribution in [0.4, 0.5) is 0 Å². The lowest BCUT2D eigenvalue weighted by atomic mass is 9.75. The first-order chi connectivity index (χ1) is 7.39. The van der Waals surface area contributed by atoms with E-state index in [4.69, 9.17) is 0 Å². The molecule has 1 saturated carbocycles. The lowest BCUT2D eigenvalue weighted by Crippen LogP contribution is -2.38. The average Bonchev–Trinajstić information content (AvgIpc) is 2.15. The van der Waals surface area contributed by atoms with Crippen molar-refractivity contribution < 1.29 is 5.11 Å². The van der Waals surface area contributed by atoms with E-state index in [1.165, 1.54) is 25.7 Å². The first kappa shape index (κ1) is 14.0. The summed E-state index contributed by atoms with van der Waals surface area (Å²) >= 11 is 0. The maximum Gasteiger partial charge on any atom is 0.0515 e. The van der Waals surface area contributed by atoms with Crippen molar-refractivity contribution in [1.82, 2.24) is 5.32 Å². The van der Waals surface area contributed by atoms with Crippen molar-refractivity contribution in [3.63, 3.8) is 0 Å². The third kappa shape index (κ3) is 5.31. The van der Waals surface area contributed by atoms with E-state index in [0.717, 1.165) is 13.0 Å². The zero-order chi connectivity index (χ0) is 12.2. The molecule has 1 rings (SSSR count). The van der Waals surface area contributed by atoms with Gasteiger partial charge in [-0.2, -0.15) is 0 Å². The number of aliphatic hydroxyl groups is 1. The van der Waals surface area contributed by atoms with E-state index in [1.807, 2.05) is 6.92 Å². The molecule has 0 heterocycles. The Balaban J connectivity index is 2.15. The number of hydrogen-bond acceptors (Lipinski definition) is 2. The summed E-state index contributed by atoms with van der Waals surface area (Å²) in [6.07, 6.45) is 6.06. The Labute approximate surface area is 101 Å². The summed E-state index contributed by atoms with van der Waals surface area (Å²) in [5.74, 6) is 0.579. The van der Waals surface area contributed by atoms with Crippen molar-refractivity contribution in [2.75, 3.05) is 6.54 Å². The van der Waals surface area contributed by atoms with Gasteiger partial charge in [-0.15, -0.1) is 0 Å². The Hall–Kier alpha value is -0.0800. The Morgan fingerprint density at radius 1 is 1.25 bits per heavy atom. The first-order valence-corrected chi connectivity index (χ1v) is 6.80. The largest absolute Gasteiger partial charge is 0.393 e. The van der Waals surface area contributed by atoms with Crippen LogP contribution < -0.4 is 5.32 Å². The van der Waals surface area contributed by atoms with E-state index < -0.39 is 0 Å². The molecular formula is C14H29NO. The first-order valence-electron chi connectivity index (χ1n) is 6.80. The summed E-state index contributed by atoms with van der Waals surface area (Å²) in [5.41, 5.74) is 0.559. The van der Waals surface area contributed by atoms with Gasteiger partial charge in [-0.3, -0.25) is 0 Å². The summed E-state index contributed by atoms with van der Waals surface area (Å²) in [6.45, 7) is 9.89. The Kier molecular flexibility index (Phi) is 5.26. The molecule has 0 aromatic carbocycles. The van der Waals surface area contributed by atoms with E-state index in [0.29, 0.717) is 17.4 Å². The van der Waals surface area contributed by atoms with Crippen molar-refractivity contribution in [2.24, 2.45) is 11.3 Å². The lowest BCUT2D eigenvalue weighted by Gasteiger charge is -2.35. The molecule has 1 aliphatic carbocycles. The molecule has 0 bridgehead atoms. The van der Waals surface area contributed by atoms with Crippen LogP contribution in [0.5, 0.6) is 0 Å². The molecule has 2 atom stereocenters. The fourth-order valence-corrected chi connectivity index (χ4v) is 2.64. The van der Waals surface area contributed by atoms with E-state index in [9.17, 15) is 5.11 Å². The maximum atomic E-state index is 9.30. The van der Waals surface area contributed by atoms with Crippen LogP contribution in [-0.2, 0) is 0 Å². The second-order valence-electron chi connectivity index (χ2n) is 6.54. The van der Waals surface area contributed by atoms with Gasteiger partial charge in [0.1, 0.15) is 0 Å². The second kappa shape index (κ2) is 6.02. The van der Waals surface area contributed by atoms with Crippen LogP contribution in [0.1, 0.15) is 59.8 Å². The van der Waals surface area contributed by atoms with Crippen LogP contribution in [0.15, 0.2) is 0 Å². The quantitative estimate of drug-likeness (QED) is 0.757. The van der Waals surface area contributed by atoms with Gasteiger partial charge in [0.05, 0.1) is 6.10 Å². The molecule has 1 aliphatic rings. The van der Waals surface area contributed by atoms with Gasteiger partial charge in [0.25, 0.3) is 0 Å². The Morgan fingerprint density at radius 3 is 2.31 bits per heavy atom. The van der Waals surface area contributed by atoms with Crippen molar-refractivity contribution in [1.29, 1.82) is 0 Å². The standard InChI is InChI=1S/C14H29NO/c1-11(9-12(2)16)10-15-13-5-7-14(3,4)8-6-13/h11-13,15-16H,5-10H2,1-4H3. The molecule has 1 fully saturated rings. The molecule has 2 N–H and O–H groups in total. The zero-order valence-corrected chi connectivity index (χ0v) is 11.4. The smallest absolute Gasteiger partial charge is 0.0515 e. The van der Waals surface area contributed by atoms with Crippen LogP contribution in [0, 0.1) is 11.3 Å². The van der Waals surface area contributed by atoms with Gasteiger partial charge >= 0.3 is 0 Å². The fourth-order valence-electron chi connectivity index (χ4n) is 2.64. The molecule has 96 valence electrons. The normalized spacial score (nSPS) is 25.3. The van der Waals surface area contributed by atoms with Crippen LogP contribution >= 0.6 is 0 Å². The fraction of sp³-hybridized carbons (Fsp3) is 1.00. The van der Waals surface area contributed by atoms with Crippen molar-refractivity contribution in [3.05, 3.63) is 0 Å². The highest BCUT2D eigenvalue weighted by Gasteiger charge is 2.26. The topological polar surface area (TPSA) is 32.3 Å². The van der Waals surface area contributed by atoms with Crippen molar-refractivity contribution in [3.8, 4) is 0 Å². The SMILES string of the molecule is CC(O)CC(C)CNC1CCC(C)(C)CC1. The minimum Gasteiger partial charge on any atom is -0.393 e. The number of nitrogens with one attached hydrogen (secondary N) is 1. The minimum absolute atomic E-state index is 0.165. The summed E-state index contributed by atoms with van der Waals surface area (Å²) in [6, 6.07) is 0.712. The highest BCUT2D eigenvalue weighted by Crippen LogP contribution is 2.34. The number of aliphatic hydroxyl groups excluding tert-OH is 1. The minimum atomic E-state index is -0.165. The van der Waals surface area contributed by atoms with E-state index in [2.05, 4.69) is 26.1 Å². The van der Waals surface area contributed by atoms with Crippen molar-refractivity contribution >= 4 is 0 Å². The Bertz CT molecular complexity index is 191. The predicted octanol–water partition coefficient (Wildman–Crippen LogP) is 2.95. The van der Waals surface area contributed by atoms with Gasteiger partial charge in [-0.05, 0) is 56.9 Å². The molecule has 0 radical (unpaired) electrons. The third-order valence-corrected chi connectivity index (χ3v) is 3.84. The third-order valence-electron chi connectivity index (χ3n) is 3.84. The molecule has 0 spiro atoms.